The Kier molecular flexibility index (Phi) is 6.14. The molecule has 2 aromatic heterocycles. The fourth-order valence-corrected chi connectivity index (χ4v) is 3.65. The molecule has 1 aliphatic carbocycles. The van der Waals surface area contributed by atoms with Gasteiger partial charge in [-0.3, -0.25) is 14.8 Å². The van der Waals surface area contributed by atoms with Gasteiger partial charge >= 0.3 is 0 Å². The summed E-state index contributed by atoms with van der Waals surface area (Å²) in [5, 5.41) is 10.6. The van der Waals surface area contributed by atoms with E-state index < -0.39 is 0 Å². The van der Waals surface area contributed by atoms with Crippen LogP contribution in [0.3, 0.4) is 0 Å². The van der Waals surface area contributed by atoms with Crippen molar-refractivity contribution in [3.05, 3.63) is 40.1 Å². The molecule has 2 heterocycles. The summed E-state index contributed by atoms with van der Waals surface area (Å²) in [6, 6.07) is 1.87. The van der Waals surface area contributed by atoms with Gasteiger partial charge in [0.1, 0.15) is 11.5 Å². The lowest BCUT2D eigenvalue weighted by molar-refractivity contribution is 0.0949. The topological polar surface area (TPSA) is 74.2 Å². The van der Waals surface area contributed by atoms with Crippen LogP contribution in [0, 0.1) is 6.92 Å². The van der Waals surface area contributed by atoms with Gasteiger partial charge in [-0.15, -0.1) is 0 Å². The first kappa shape index (κ1) is 18.7. The number of aromatic nitrogens is 2. The molecule has 0 atom stereocenters. The molecule has 0 unspecified atom stereocenters. The number of aromatic amines is 1. The lowest BCUT2D eigenvalue weighted by Gasteiger charge is -2.15. The predicted molar refractivity (Wildman–Crippen MR) is 101 cm³/mol. The average Bonchev–Trinajstić information content (AvgIpc) is 3.12. The maximum absolute atomic E-state index is 12.6. The fraction of sp³-hybridized carbons (Fsp3) is 0.600. The summed E-state index contributed by atoms with van der Waals surface area (Å²) in [5.41, 5.74) is 4.13. The second kappa shape index (κ2) is 8.54. The number of carbonyl (C=O) groups excluding carboxylic acids is 1. The summed E-state index contributed by atoms with van der Waals surface area (Å²) in [6.45, 7) is 9.21. The van der Waals surface area contributed by atoms with Crippen molar-refractivity contribution in [3.8, 4) is 0 Å². The zero-order valence-corrected chi connectivity index (χ0v) is 16.2. The van der Waals surface area contributed by atoms with Gasteiger partial charge in [0, 0.05) is 5.69 Å². The van der Waals surface area contributed by atoms with Gasteiger partial charge in [-0.1, -0.05) is 20.3 Å². The third-order valence-electron chi connectivity index (χ3n) is 5.30. The largest absolute Gasteiger partial charge is 0.464 e. The van der Waals surface area contributed by atoms with E-state index in [9.17, 15) is 4.79 Å². The van der Waals surface area contributed by atoms with Gasteiger partial charge in [-0.2, -0.15) is 5.10 Å². The molecular weight excluding hydrogens is 328 g/mol. The zero-order valence-electron chi connectivity index (χ0n) is 16.2. The van der Waals surface area contributed by atoms with E-state index in [4.69, 9.17) is 4.42 Å². The van der Waals surface area contributed by atoms with E-state index in [0.717, 1.165) is 43.9 Å². The molecule has 1 aliphatic rings. The van der Waals surface area contributed by atoms with Crippen molar-refractivity contribution in [1.29, 1.82) is 0 Å². The van der Waals surface area contributed by atoms with Gasteiger partial charge in [0.15, 0.2) is 0 Å². The number of rotatable bonds is 7. The summed E-state index contributed by atoms with van der Waals surface area (Å²) in [4.78, 5) is 14.9. The number of aryl methyl sites for hydroxylation is 2. The van der Waals surface area contributed by atoms with Gasteiger partial charge < -0.3 is 9.73 Å². The van der Waals surface area contributed by atoms with Crippen LogP contribution in [0.4, 0.5) is 0 Å². The smallest absolute Gasteiger partial charge is 0.255 e. The minimum Gasteiger partial charge on any atom is -0.464 e. The van der Waals surface area contributed by atoms with E-state index in [1.807, 2.05) is 13.0 Å². The van der Waals surface area contributed by atoms with Gasteiger partial charge in [-0.05, 0) is 57.3 Å². The van der Waals surface area contributed by atoms with Crippen LogP contribution in [0.5, 0.6) is 0 Å². The molecule has 0 aliphatic heterocycles. The predicted octanol–water partition coefficient (Wildman–Crippen LogP) is 3.35. The molecule has 2 N–H and O–H groups in total. The minimum atomic E-state index is -0.0950. The van der Waals surface area contributed by atoms with Crippen LogP contribution in [0.1, 0.15) is 71.9 Å². The highest BCUT2D eigenvalue weighted by atomic mass is 16.3. The molecule has 1 amide bonds. The molecule has 142 valence electrons. The highest BCUT2D eigenvalue weighted by Crippen LogP contribution is 2.22. The minimum absolute atomic E-state index is 0.0950. The van der Waals surface area contributed by atoms with E-state index in [0.29, 0.717) is 17.9 Å². The molecule has 0 radical (unpaired) electrons. The zero-order chi connectivity index (χ0) is 18.5. The Morgan fingerprint density at radius 2 is 2.04 bits per heavy atom. The Labute approximate surface area is 155 Å². The van der Waals surface area contributed by atoms with Gasteiger partial charge in [0.05, 0.1) is 24.3 Å². The van der Waals surface area contributed by atoms with Crippen LogP contribution in [-0.4, -0.2) is 34.1 Å². The van der Waals surface area contributed by atoms with Crippen molar-refractivity contribution >= 4 is 5.91 Å². The Morgan fingerprint density at radius 3 is 2.81 bits per heavy atom. The first-order valence-electron chi connectivity index (χ1n) is 9.77. The summed E-state index contributed by atoms with van der Waals surface area (Å²) < 4.78 is 5.79. The summed E-state index contributed by atoms with van der Waals surface area (Å²) in [7, 11) is 0. The highest BCUT2D eigenvalue weighted by Gasteiger charge is 2.19. The molecule has 6 nitrogen and oxygen atoms in total. The molecule has 3 rings (SSSR count). The van der Waals surface area contributed by atoms with Crippen LogP contribution in [0.15, 0.2) is 10.5 Å². The van der Waals surface area contributed by atoms with Crippen molar-refractivity contribution in [1.82, 2.24) is 20.4 Å². The number of H-pyrrole nitrogens is 1. The molecule has 0 saturated carbocycles. The first-order valence-corrected chi connectivity index (χ1v) is 9.77. The second-order valence-corrected chi connectivity index (χ2v) is 7.01. The van der Waals surface area contributed by atoms with Crippen molar-refractivity contribution < 1.29 is 9.21 Å². The maximum atomic E-state index is 12.6. The second-order valence-electron chi connectivity index (χ2n) is 7.01. The number of fused-ring (bicyclic) bond motifs is 1. The molecule has 2 aromatic rings. The molecule has 0 aromatic carbocycles. The van der Waals surface area contributed by atoms with Crippen LogP contribution in [0.25, 0.3) is 0 Å². The molecule has 26 heavy (non-hydrogen) atoms. The molecule has 0 bridgehead atoms. The molecule has 6 heteroatoms. The van der Waals surface area contributed by atoms with Crippen LogP contribution >= 0.6 is 0 Å². The standard InChI is InChI=1S/C20H30N4O2/c1-4-24(5-2)13-15-11-17(14(3)26-15)20(25)21-12-19-16-9-7-6-8-10-18(16)22-23-19/h11H,4-10,12-13H2,1-3H3,(H,21,25)(H,22,23). The fourth-order valence-electron chi connectivity index (χ4n) is 3.65. The van der Waals surface area contributed by atoms with E-state index in [1.54, 1.807) is 0 Å². The van der Waals surface area contributed by atoms with Gasteiger partial charge in [0.25, 0.3) is 5.91 Å². The lowest BCUT2D eigenvalue weighted by atomic mass is 10.1. The third-order valence-corrected chi connectivity index (χ3v) is 5.30. The third kappa shape index (κ3) is 4.18. The monoisotopic (exact) mass is 358 g/mol. The van der Waals surface area contributed by atoms with E-state index >= 15 is 0 Å². The first-order chi connectivity index (χ1) is 12.6. The number of carbonyl (C=O) groups is 1. The van der Waals surface area contributed by atoms with Gasteiger partial charge in [0.2, 0.25) is 0 Å². The van der Waals surface area contributed by atoms with Crippen LogP contribution in [-0.2, 0) is 25.9 Å². The number of nitrogens with one attached hydrogen (secondary N) is 2. The van der Waals surface area contributed by atoms with Crippen molar-refractivity contribution in [2.45, 2.75) is 66.0 Å². The Morgan fingerprint density at radius 1 is 1.27 bits per heavy atom. The Hall–Kier alpha value is -2.08. The van der Waals surface area contributed by atoms with Crippen molar-refractivity contribution in [2.24, 2.45) is 0 Å². The quantitative estimate of drug-likeness (QED) is 0.745. The molecule has 0 spiro atoms. The lowest BCUT2D eigenvalue weighted by Crippen LogP contribution is -2.24. The molecular formula is C20H30N4O2. The summed E-state index contributed by atoms with van der Waals surface area (Å²) in [6.07, 6.45) is 5.78. The van der Waals surface area contributed by atoms with E-state index in [1.165, 1.54) is 30.5 Å². The Bertz CT molecular complexity index is 743. The highest BCUT2D eigenvalue weighted by molar-refractivity contribution is 5.95. The van der Waals surface area contributed by atoms with Crippen LogP contribution < -0.4 is 5.32 Å². The van der Waals surface area contributed by atoms with Crippen molar-refractivity contribution in [2.75, 3.05) is 13.1 Å². The SMILES string of the molecule is CCN(CC)Cc1cc(C(=O)NCc2n[nH]c3c2CCCCC3)c(C)o1. The number of hydrogen-bond acceptors (Lipinski definition) is 4. The molecule has 0 fully saturated rings. The number of furan rings is 1. The normalized spacial score (nSPS) is 14.3. The van der Waals surface area contributed by atoms with Gasteiger partial charge in [-0.25, -0.2) is 0 Å². The maximum Gasteiger partial charge on any atom is 0.255 e. The van der Waals surface area contributed by atoms with E-state index in [2.05, 4.69) is 34.3 Å². The number of hydrogen-bond donors (Lipinski definition) is 2. The van der Waals surface area contributed by atoms with E-state index in [-0.39, 0.29) is 5.91 Å². The molecule has 0 saturated heterocycles. The summed E-state index contributed by atoms with van der Waals surface area (Å²) in [5.74, 6) is 1.41. The van der Waals surface area contributed by atoms with Crippen LogP contribution in [0.2, 0.25) is 0 Å². The number of amides is 1. The van der Waals surface area contributed by atoms with Crippen molar-refractivity contribution in [3.63, 3.8) is 0 Å². The average molecular weight is 358 g/mol. The summed E-state index contributed by atoms with van der Waals surface area (Å²) >= 11 is 0. The Balaban J connectivity index is 1.64. The number of nitrogens with zero attached hydrogens (tertiary/aromatic N) is 2.